The lowest BCUT2D eigenvalue weighted by molar-refractivity contribution is 0.0932. The van der Waals surface area contributed by atoms with E-state index in [1.54, 1.807) is 0 Å². The molecular formula is C13H19FN4O. The highest BCUT2D eigenvalue weighted by molar-refractivity contribution is 5.98. The average molecular weight is 266 g/mol. The van der Waals surface area contributed by atoms with E-state index >= 15 is 0 Å². The number of anilines is 1. The molecule has 1 aliphatic heterocycles. The molecule has 2 rings (SSSR count). The van der Waals surface area contributed by atoms with Crippen LogP contribution in [0, 0.1) is 5.82 Å². The lowest BCUT2D eigenvalue weighted by Gasteiger charge is -2.21. The van der Waals surface area contributed by atoms with Crippen molar-refractivity contribution in [2.24, 2.45) is 0 Å². The van der Waals surface area contributed by atoms with Gasteiger partial charge in [-0.3, -0.25) is 4.79 Å². The summed E-state index contributed by atoms with van der Waals surface area (Å²) in [7, 11) is 0. The van der Waals surface area contributed by atoms with Gasteiger partial charge in [-0.2, -0.15) is 0 Å². The van der Waals surface area contributed by atoms with Gasteiger partial charge in [0.15, 0.2) is 0 Å². The summed E-state index contributed by atoms with van der Waals surface area (Å²) < 4.78 is 13.1. The van der Waals surface area contributed by atoms with Gasteiger partial charge in [0.1, 0.15) is 11.6 Å². The molecule has 2 heterocycles. The molecule has 0 aromatic carbocycles. The van der Waals surface area contributed by atoms with E-state index < -0.39 is 5.82 Å². The predicted molar refractivity (Wildman–Crippen MR) is 71.2 cm³/mol. The van der Waals surface area contributed by atoms with E-state index in [0.717, 1.165) is 31.9 Å². The van der Waals surface area contributed by atoms with Crippen LogP contribution < -0.4 is 11.1 Å². The van der Waals surface area contributed by atoms with Gasteiger partial charge in [0.05, 0.1) is 11.8 Å². The first-order chi connectivity index (χ1) is 9.06. The van der Waals surface area contributed by atoms with Crippen LogP contribution in [-0.4, -0.2) is 41.5 Å². The zero-order valence-electron chi connectivity index (χ0n) is 11.0. The quantitative estimate of drug-likeness (QED) is 0.853. The zero-order valence-corrected chi connectivity index (χ0v) is 11.0. The van der Waals surface area contributed by atoms with E-state index in [2.05, 4.69) is 15.2 Å². The summed E-state index contributed by atoms with van der Waals surface area (Å²) in [5.74, 6) is -0.894. The summed E-state index contributed by atoms with van der Waals surface area (Å²) in [5, 5.41) is 2.82. The maximum absolute atomic E-state index is 13.1. The van der Waals surface area contributed by atoms with Crippen LogP contribution in [0.1, 0.15) is 30.1 Å². The third kappa shape index (κ3) is 3.64. The number of nitrogens with zero attached hydrogens (tertiary/aromatic N) is 2. The van der Waals surface area contributed by atoms with E-state index in [0.29, 0.717) is 0 Å². The molecule has 6 heteroatoms. The van der Waals surface area contributed by atoms with Crippen molar-refractivity contribution in [3.8, 4) is 0 Å². The fraction of sp³-hybridized carbons (Fsp3) is 0.538. The van der Waals surface area contributed by atoms with Gasteiger partial charge in [-0.15, -0.1) is 0 Å². The Balaban J connectivity index is 1.94. The number of nitrogen functional groups attached to an aromatic ring is 1. The minimum Gasteiger partial charge on any atom is -0.383 e. The van der Waals surface area contributed by atoms with Crippen molar-refractivity contribution in [3.05, 3.63) is 23.6 Å². The van der Waals surface area contributed by atoms with E-state index in [-0.39, 0.29) is 23.3 Å². The molecule has 104 valence electrons. The summed E-state index contributed by atoms with van der Waals surface area (Å²) in [6.45, 7) is 4.88. The molecule has 3 N–H and O–H groups in total. The Hall–Kier alpha value is -1.69. The normalized spacial score (nSPS) is 17.4. The molecule has 1 amide bonds. The minimum absolute atomic E-state index is 0.00623. The standard InChI is InChI=1S/C13H19FN4O/c1-9(8-18-4-2-3-5-18)17-13(19)11-6-10(14)7-16-12(11)15/h6-7,9H,2-5,8H2,1H3,(H2,15,16)(H,17,19). The maximum Gasteiger partial charge on any atom is 0.255 e. The summed E-state index contributed by atoms with van der Waals surface area (Å²) in [6, 6.07) is 1.11. The molecule has 1 atom stereocenters. The second-order valence-electron chi connectivity index (χ2n) is 4.97. The van der Waals surface area contributed by atoms with Crippen molar-refractivity contribution in [1.82, 2.24) is 15.2 Å². The molecule has 0 aliphatic carbocycles. The summed E-state index contributed by atoms with van der Waals surface area (Å²) in [5.41, 5.74) is 5.67. The van der Waals surface area contributed by atoms with Crippen molar-refractivity contribution in [2.45, 2.75) is 25.8 Å². The number of nitrogens with one attached hydrogen (secondary N) is 1. The number of nitrogens with two attached hydrogens (primary N) is 1. The molecule has 19 heavy (non-hydrogen) atoms. The zero-order chi connectivity index (χ0) is 13.8. The van der Waals surface area contributed by atoms with Crippen LogP contribution in [0.15, 0.2) is 12.3 Å². The van der Waals surface area contributed by atoms with Crippen LogP contribution in [0.5, 0.6) is 0 Å². The van der Waals surface area contributed by atoms with Gasteiger partial charge in [-0.25, -0.2) is 9.37 Å². The maximum atomic E-state index is 13.1. The van der Waals surface area contributed by atoms with E-state index in [1.807, 2.05) is 6.92 Å². The highest BCUT2D eigenvalue weighted by Gasteiger charge is 2.18. The van der Waals surface area contributed by atoms with Crippen LogP contribution >= 0.6 is 0 Å². The average Bonchev–Trinajstić information content (AvgIpc) is 2.84. The lowest BCUT2D eigenvalue weighted by atomic mass is 10.2. The minimum atomic E-state index is -0.563. The number of carbonyl (C=O) groups is 1. The van der Waals surface area contributed by atoms with Crippen LogP contribution in [-0.2, 0) is 0 Å². The Morgan fingerprint density at radius 3 is 2.95 bits per heavy atom. The van der Waals surface area contributed by atoms with E-state index in [4.69, 9.17) is 5.73 Å². The van der Waals surface area contributed by atoms with Crippen molar-refractivity contribution in [3.63, 3.8) is 0 Å². The summed E-state index contributed by atoms with van der Waals surface area (Å²) in [4.78, 5) is 17.9. The third-order valence-electron chi connectivity index (χ3n) is 3.24. The Morgan fingerprint density at radius 1 is 1.58 bits per heavy atom. The van der Waals surface area contributed by atoms with Crippen LogP contribution in [0.4, 0.5) is 10.2 Å². The van der Waals surface area contributed by atoms with Crippen LogP contribution in [0.3, 0.4) is 0 Å². The van der Waals surface area contributed by atoms with Gasteiger partial charge < -0.3 is 16.0 Å². The highest BCUT2D eigenvalue weighted by Crippen LogP contribution is 2.11. The number of halogens is 1. The van der Waals surface area contributed by atoms with Gasteiger partial charge in [0.25, 0.3) is 5.91 Å². The van der Waals surface area contributed by atoms with Gasteiger partial charge >= 0.3 is 0 Å². The number of hydrogen-bond acceptors (Lipinski definition) is 4. The molecule has 1 saturated heterocycles. The molecular weight excluding hydrogens is 247 g/mol. The van der Waals surface area contributed by atoms with Crippen molar-refractivity contribution < 1.29 is 9.18 Å². The molecule has 0 spiro atoms. The molecule has 5 nitrogen and oxygen atoms in total. The first-order valence-corrected chi connectivity index (χ1v) is 6.50. The fourth-order valence-electron chi connectivity index (χ4n) is 2.33. The number of hydrogen-bond donors (Lipinski definition) is 2. The summed E-state index contributed by atoms with van der Waals surface area (Å²) >= 11 is 0. The van der Waals surface area contributed by atoms with Gasteiger partial charge in [-0.1, -0.05) is 0 Å². The first-order valence-electron chi connectivity index (χ1n) is 6.50. The molecule has 0 bridgehead atoms. The Labute approximate surface area is 112 Å². The molecule has 1 unspecified atom stereocenters. The Kier molecular flexibility index (Phi) is 4.31. The third-order valence-corrected chi connectivity index (χ3v) is 3.24. The molecule has 1 aromatic rings. The smallest absolute Gasteiger partial charge is 0.255 e. The van der Waals surface area contributed by atoms with Gasteiger partial charge in [-0.05, 0) is 38.9 Å². The second kappa shape index (κ2) is 5.97. The number of pyridine rings is 1. The number of carbonyl (C=O) groups excluding carboxylic acids is 1. The lowest BCUT2D eigenvalue weighted by Crippen LogP contribution is -2.41. The molecule has 0 radical (unpaired) electrons. The van der Waals surface area contributed by atoms with E-state index in [1.165, 1.54) is 12.8 Å². The van der Waals surface area contributed by atoms with Crippen molar-refractivity contribution in [2.75, 3.05) is 25.4 Å². The predicted octanol–water partition coefficient (Wildman–Crippen LogP) is 1.02. The molecule has 0 saturated carbocycles. The first kappa shape index (κ1) is 13.7. The monoisotopic (exact) mass is 266 g/mol. The van der Waals surface area contributed by atoms with Crippen LogP contribution in [0.25, 0.3) is 0 Å². The SMILES string of the molecule is CC(CN1CCCC1)NC(=O)c1cc(F)cnc1N. The fourth-order valence-corrected chi connectivity index (χ4v) is 2.33. The Morgan fingerprint density at radius 2 is 2.26 bits per heavy atom. The van der Waals surface area contributed by atoms with Crippen LogP contribution in [0.2, 0.25) is 0 Å². The second-order valence-corrected chi connectivity index (χ2v) is 4.97. The highest BCUT2D eigenvalue weighted by atomic mass is 19.1. The topological polar surface area (TPSA) is 71.2 Å². The van der Waals surface area contributed by atoms with Crippen molar-refractivity contribution in [1.29, 1.82) is 0 Å². The van der Waals surface area contributed by atoms with E-state index in [9.17, 15) is 9.18 Å². The van der Waals surface area contributed by atoms with Gasteiger partial charge in [0.2, 0.25) is 0 Å². The number of likely N-dealkylation sites (tertiary alicyclic amines) is 1. The molecule has 1 aromatic heterocycles. The Bertz CT molecular complexity index is 460. The number of aromatic nitrogens is 1. The van der Waals surface area contributed by atoms with Gasteiger partial charge in [0, 0.05) is 12.6 Å². The van der Waals surface area contributed by atoms with Crippen molar-refractivity contribution >= 4 is 11.7 Å². The summed E-state index contributed by atoms with van der Waals surface area (Å²) in [6.07, 6.45) is 3.42. The largest absolute Gasteiger partial charge is 0.383 e. The number of amides is 1. The molecule has 1 aliphatic rings. The molecule has 1 fully saturated rings. The number of rotatable bonds is 4.